The molecular formula is C15H26N2O. The van der Waals surface area contributed by atoms with Crippen molar-refractivity contribution in [3.8, 4) is 0 Å². The van der Waals surface area contributed by atoms with E-state index in [0.717, 1.165) is 12.8 Å². The van der Waals surface area contributed by atoms with E-state index in [2.05, 4.69) is 51.3 Å². The largest absolute Gasteiger partial charge is 0.379 e. The summed E-state index contributed by atoms with van der Waals surface area (Å²) in [6, 6.07) is 6.54. The average Bonchev–Trinajstić information content (AvgIpc) is 2.35. The van der Waals surface area contributed by atoms with Gasteiger partial charge in [-0.15, -0.1) is 0 Å². The van der Waals surface area contributed by atoms with Gasteiger partial charge in [0.1, 0.15) is 0 Å². The first-order chi connectivity index (χ1) is 8.41. The first-order valence-electron chi connectivity index (χ1n) is 6.48. The number of nitrogens with one attached hydrogen (secondary N) is 1. The van der Waals surface area contributed by atoms with E-state index in [0.29, 0.717) is 0 Å². The van der Waals surface area contributed by atoms with Crippen molar-refractivity contribution in [3.05, 3.63) is 34.9 Å². The Morgan fingerprint density at radius 1 is 1.33 bits per heavy atom. The molecule has 0 aliphatic carbocycles. The fourth-order valence-corrected chi connectivity index (χ4v) is 2.07. The third-order valence-corrected chi connectivity index (χ3v) is 3.81. The van der Waals surface area contributed by atoms with E-state index in [1.54, 1.807) is 7.11 Å². The van der Waals surface area contributed by atoms with Crippen LogP contribution in [0, 0.1) is 13.8 Å². The number of hydrogen-bond donors (Lipinski definition) is 2. The normalized spacial score (nSPS) is 13.7. The molecule has 0 saturated carbocycles. The van der Waals surface area contributed by atoms with Gasteiger partial charge in [0.2, 0.25) is 0 Å². The molecule has 18 heavy (non-hydrogen) atoms. The van der Waals surface area contributed by atoms with E-state index in [1.165, 1.54) is 16.7 Å². The molecule has 0 aliphatic heterocycles. The summed E-state index contributed by atoms with van der Waals surface area (Å²) in [5, 5.41) is 0. The lowest BCUT2D eigenvalue weighted by Crippen LogP contribution is -2.31. The quantitative estimate of drug-likeness (QED) is 0.602. The fraction of sp³-hybridized carbons (Fsp3) is 0.600. The van der Waals surface area contributed by atoms with Crippen LogP contribution in [0.25, 0.3) is 0 Å². The van der Waals surface area contributed by atoms with Crippen molar-refractivity contribution in [2.24, 2.45) is 5.84 Å². The Hall–Kier alpha value is -0.900. The van der Waals surface area contributed by atoms with Crippen LogP contribution in [0.3, 0.4) is 0 Å². The number of rotatable bonds is 6. The van der Waals surface area contributed by atoms with Crippen molar-refractivity contribution in [1.29, 1.82) is 0 Å². The van der Waals surface area contributed by atoms with Crippen LogP contribution in [-0.4, -0.2) is 12.7 Å². The topological polar surface area (TPSA) is 47.3 Å². The Balaban J connectivity index is 2.81. The highest BCUT2D eigenvalue weighted by Gasteiger charge is 2.20. The molecule has 3 N–H and O–H groups in total. The summed E-state index contributed by atoms with van der Waals surface area (Å²) < 4.78 is 5.45. The molecule has 1 aromatic rings. The highest BCUT2D eigenvalue weighted by Crippen LogP contribution is 2.27. The zero-order valence-electron chi connectivity index (χ0n) is 12.2. The van der Waals surface area contributed by atoms with Gasteiger partial charge in [-0.2, -0.15) is 0 Å². The Bertz CT molecular complexity index is 388. The molecule has 102 valence electrons. The average molecular weight is 250 g/mol. The van der Waals surface area contributed by atoms with Gasteiger partial charge in [0.05, 0.1) is 5.60 Å². The first-order valence-corrected chi connectivity index (χ1v) is 6.48. The van der Waals surface area contributed by atoms with E-state index >= 15 is 0 Å². The monoisotopic (exact) mass is 250 g/mol. The second-order valence-corrected chi connectivity index (χ2v) is 5.51. The number of benzene rings is 1. The summed E-state index contributed by atoms with van der Waals surface area (Å²) in [6.07, 6.45) is 1.92. The van der Waals surface area contributed by atoms with E-state index in [-0.39, 0.29) is 11.6 Å². The number of hydrazine groups is 1. The van der Waals surface area contributed by atoms with Gasteiger partial charge >= 0.3 is 0 Å². The maximum Gasteiger partial charge on any atom is 0.0623 e. The molecule has 1 rings (SSSR count). The highest BCUT2D eigenvalue weighted by atomic mass is 16.5. The molecule has 3 nitrogen and oxygen atoms in total. The van der Waals surface area contributed by atoms with Crippen molar-refractivity contribution in [2.45, 2.75) is 52.2 Å². The number of hydrogen-bond acceptors (Lipinski definition) is 3. The van der Waals surface area contributed by atoms with Crippen molar-refractivity contribution < 1.29 is 4.74 Å². The van der Waals surface area contributed by atoms with Gasteiger partial charge in [-0.25, -0.2) is 0 Å². The molecule has 0 amide bonds. The van der Waals surface area contributed by atoms with E-state index in [1.807, 2.05) is 0 Å². The van der Waals surface area contributed by atoms with Crippen molar-refractivity contribution in [1.82, 2.24) is 5.43 Å². The van der Waals surface area contributed by atoms with Crippen LogP contribution < -0.4 is 11.3 Å². The molecule has 0 bridgehead atoms. The molecule has 3 heteroatoms. The summed E-state index contributed by atoms with van der Waals surface area (Å²) in [7, 11) is 1.75. The molecule has 0 aromatic heterocycles. The maximum absolute atomic E-state index is 5.70. The fourth-order valence-electron chi connectivity index (χ4n) is 2.07. The van der Waals surface area contributed by atoms with Gasteiger partial charge in [0.15, 0.2) is 0 Å². The minimum absolute atomic E-state index is 0.104. The van der Waals surface area contributed by atoms with Crippen LogP contribution >= 0.6 is 0 Å². The second-order valence-electron chi connectivity index (χ2n) is 5.51. The SMILES string of the molecule is COC(C)(C)CCC(NN)c1cccc(C)c1C. The Labute approximate surface area is 111 Å². The first kappa shape index (κ1) is 15.2. The summed E-state index contributed by atoms with van der Waals surface area (Å²) in [4.78, 5) is 0. The van der Waals surface area contributed by atoms with Gasteiger partial charge in [-0.1, -0.05) is 18.2 Å². The summed E-state index contributed by atoms with van der Waals surface area (Å²) in [6.45, 7) is 8.48. The lowest BCUT2D eigenvalue weighted by Gasteiger charge is -2.26. The molecule has 0 spiro atoms. The molecule has 0 fully saturated rings. The zero-order valence-corrected chi connectivity index (χ0v) is 12.2. The number of aryl methyl sites for hydroxylation is 1. The minimum Gasteiger partial charge on any atom is -0.379 e. The van der Waals surface area contributed by atoms with Crippen LogP contribution in [-0.2, 0) is 4.74 Å². The van der Waals surface area contributed by atoms with Crippen molar-refractivity contribution in [3.63, 3.8) is 0 Å². The van der Waals surface area contributed by atoms with E-state index < -0.39 is 0 Å². The molecular weight excluding hydrogens is 224 g/mol. The van der Waals surface area contributed by atoms with Gasteiger partial charge in [-0.3, -0.25) is 11.3 Å². The summed E-state index contributed by atoms with van der Waals surface area (Å²) >= 11 is 0. The van der Waals surface area contributed by atoms with Crippen LogP contribution in [0.1, 0.15) is 49.4 Å². The molecule has 0 aliphatic rings. The minimum atomic E-state index is -0.104. The standard InChI is InChI=1S/C15H26N2O/c1-11-7-6-8-13(12(11)2)14(17-16)9-10-15(3,4)18-5/h6-8,14,17H,9-10,16H2,1-5H3. The van der Waals surface area contributed by atoms with Crippen LogP contribution in [0.4, 0.5) is 0 Å². The second kappa shape index (κ2) is 6.32. The highest BCUT2D eigenvalue weighted by molar-refractivity contribution is 5.35. The van der Waals surface area contributed by atoms with Crippen molar-refractivity contribution in [2.75, 3.05) is 7.11 Å². The number of nitrogens with two attached hydrogens (primary N) is 1. The predicted octanol–water partition coefficient (Wildman–Crippen LogP) is 3.01. The molecule has 1 unspecified atom stereocenters. The summed E-state index contributed by atoms with van der Waals surface area (Å²) in [5.74, 6) is 5.70. The van der Waals surface area contributed by atoms with Crippen LogP contribution in [0.5, 0.6) is 0 Å². The molecule has 1 atom stereocenters. The van der Waals surface area contributed by atoms with E-state index in [9.17, 15) is 0 Å². The van der Waals surface area contributed by atoms with Gasteiger partial charge in [0, 0.05) is 13.2 Å². The Morgan fingerprint density at radius 3 is 2.56 bits per heavy atom. The van der Waals surface area contributed by atoms with Crippen LogP contribution in [0.2, 0.25) is 0 Å². The lowest BCUT2D eigenvalue weighted by atomic mass is 9.91. The third kappa shape index (κ3) is 3.80. The maximum atomic E-state index is 5.70. The molecule has 1 aromatic carbocycles. The van der Waals surface area contributed by atoms with Crippen molar-refractivity contribution >= 4 is 0 Å². The smallest absolute Gasteiger partial charge is 0.0623 e. The molecule has 0 radical (unpaired) electrons. The van der Waals surface area contributed by atoms with Gasteiger partial charge in [0.25, 0.3) is 0 Å². The molecule has 0 heterocycles. The van der Waals surface area contributed by atoms with E-state index in [4.69, 9.17) is 10.6 Å². The predicted molar refractivity (Wildman–Crippen MR) is 76.3 cm³/mol. The Kier molecular flexibility index (Phi) is 5.32. The van der Waals surface area contributed by atoms with Crippen LogP contribution in [0.15, 0.2) is 18.2 Å². The van der Waals surface area contributed by atoms with Gasteiger partial charge in [-0.05, 0) is 57.2 Å². The van der Waals surface area contributed by atoms with Gasteiger partial charge < -0.3 is 4.74 Å². The number of methoxy groups -OCH3 is 1. The lowest BCUT2D eigenvalue weighted by molar-refractivity contribution is 0.0116. The molecule has 0 saturated heterocycles. The third-order valence-electron chi connectivity index (χ3n) is 3.81. The number of ether oxygens (including phenoxy) is 1. The Morgan fingerprint density at radius 2 is 2.00 bits per heavy atom. The zero-order chi connectivity index (χ0) is 13.8. The summed E-state index contributed by atoms with van der Waals surface area (Å²) in [5.41, 5.74) is 6.72.